The summed E-state index contributed by atoms with van der Waals surface area (Å²) in [5.41, 5.74) is 0. The Kier molecular flexibility index (Phi) is 3.31. The van der Waals surface area contributed by atoms with Gasteiger partial charge in [-0.05, 0) is 6.92 Å². The molecule has 0 aliphatic carbocycles. The molecule has 0 saturated carbocycles. The number of rotatable bonds is 3. The first-order chi connectivity index (χ1) is 5.59. The zero-order chi connectivity index (χ0) is 9.19. The summed E-state index contributed by atoms with van der Waals surface area (Å²) in [6.07, 6.45) is -1.30. The molecule has 0 bridgehead atoms. The van der Waals surface area contributed by atoms with E-state index < -0.39 is 11.2 Å². The fraction of sp³-hybridized carbons (Fsp3) is 1.00. The fourth-order valence-corrected chi connectivity index (χ4v) is 1.21. The monoisotopic (exact) mass is 196 g/mol. The van der Waals surface area contributed by atoms with E-state index in [2.05, 4.69) is 0 Å². The van der Waals surface area contributed by atoms with Gasteiger partial charge in [-0.2, -0.15) is 0 Å². The van der Waals surface area contributed by atoms with Gasteiger partial charge in [0, 0.05) is 7.11 Å². The first-order valence-corrected chi connectivity index (χ1v) is 4.06. The Hall–Kier alpha value is 0.130. The van der Waals surface area contributed by atoms with Gasteiger partial charge in [0.15, 0.2) is 6.29 Å². The normalized spacial score (nSPS) is 42.0. The number of ether oxygens (including phenoxy) is 3. The first-order valence-electron chi connectivity index (χ1n) is 3.68. The molecule has 0 aromatic carbocycles. The van der Waals surface area contributed by atoms with Gasteiger partial charge in [0.05, 0.1) is 6.61 Å². The summed E-state index contributed by atoms with van der Waals surface area (Å²) in [4.78, 5) is -0.876. The zero-order valence-electron chi connectivity index (χ0n) is 7.12. The van der Waals surface area contributed by atoms with Gasteiger partial charge >= 0.3 is 0 Å². The van der Waals surface area contributed by atoms with E-state index in [-0.39, 0.29) is 12.9 Å². The third-order valence-electron chi connectivity index (χ3n) is 1.90. The average molecular weight is 197 g/mol. The lowest BCUT2D eigenvalue weighted by molar-refractivity contribution is -0.0781. The molecule has 1 rings (SSSR count). The molecule has 1 aliphatic heterocycles. The number of hydrogen-bond donors (Lipinski definition) is 1. The van der Waals surface area contributed by atoms with Crippen molar-refractivity contribution in [1.82, 2.24) is 0 Å². The number of aliphatic hydroxyl groups is 1. The Balaban J connectivity index is 2.44. The lowest BCUT2D eigenvalue weighted by atomic mass is 10.1. The molecule has 1 saturated heterocycles. The number of hydrogen-bond acceptors (Lipinski definition) is 4. The predicted octanol–water partition coefficient (Wildman–Crippen LogP) is 0.322. The van der Waals surface area contributed by atoms with Gasteiger partial charge < -0.3 is 19.3 Å². The standard InChI is InChI=1S/C7H13ClO4/c1-7(8)5(12-4-10-2)3-11-6(7)9/h5-6,9H,3-4H2,1-2H3/t5-,6-,7+/m1/s1. The highest BCUT2D eigenvalue weighted by molar-refractivity contribution is 6.24. The van der Waals surface area contributed by atoms with Crippen molar-refractivity contribution < 1.29 is 19.3 Å². The maximum absolute atomic E-state index is 9.25. The van der Waals surface area contributed by atoms with E-state index in [1.54, 1.807) is 6.92 Å². The molecule has 1 heterocycles. The molecule has 0 unspecified atom stereocenters. The van der Waals surface area contributed by atoms with Crippen molar-refractivity contribution >= 4 is 11.6 Å². The molecule has 4 nitrogen and oxygen atoms in total. The van der Waals surface area contributed by atoms with E-state index in [0.717, 1.165) is 0 Å². The van der Waals surface area contributed by atoms with Crippen molar-refractivity contribution in [3.63, 3.8) is 0 Å². The average Bonchev–Trinajstić information content (AvgIpc) is 2.25. The molecule has 5 heteroatoms. The van der Waals surface area contributed by atoms with Crippen LogP contribution in [0.15, 0.2) is 0 Å². The Bertz CT molecular complexity index is 150. The Labute approximate surface area is 76.4 Å². The van der Waals surface area contributed by atoms with E-state index in [1.807, 2.05) is 0 Å². The van der Waals surface area contributed by atoms with Crippen molar-refractivity contribution in [1.29, 1.82) is 0 Å². The van der Waals surface area contributed by atoms with Gasteiger partial charge in [0.25, 0.3) is 0 Å². The van der Waals surface area contributed by atoms with Crippen LogP contribution in [0.1, 0.15) is 6.92 Å². The number of methoxy groups -OCH3 is 1. The first kappa shape index (κ1) is 10.2. The highest BCUT2D eigenvalue weighted by Crippen LogP contribution is 2.32. The van der Waals surface area contributed by atoms with Crippen LogP contribution in [0.3, 0.4) is 0 Å². The van der Waals surface area contributed by atoms with Crippen molar-refractivity contribution in [2.45, 2.75) is 24.2 Å². The molecule has 0 amide bonds. The number of halogens is 1. The minimum Gasteiger partial charge on any atom is -0.366 e. The minimum atomic E-state index is -0.971. The van der Waals surface area contributed by atoms with E-state index in [9.17, 15) is 5.11 Å². The van der Waals surface area contributed by atoms with Crippen molar-refractivity contribution in [3.05, 3.63) is 0 Å². The van der Waals surface area contributed by atoms with E-state index >= 15 is 0 Å². The molecule has 0 aromatic rings. The molecular weight excluding hydrogens is 184 g/mol. The SMILES string of the molecule is COCO[C@@H]1CO[C@@H](O)[C@@]1(C)Cl. The zero-order valence-corrected chi connectivity index (χ0v) is 7.87. The second-order valence-electron chi connectivity index (χ2n) is 2.90. The largest absolute Gasteiger partial charge is 0.366 e. The third-order valence-corrected chi connectivity index (χ3v) is 2.34. The van der Waals surface area contributed by atoms with Gasteiger partial charge in [-0.3, -0.25) is 0 Å². The molecular formula is C7H13ClO4. The molecule has 1 N–H and O–H groups in total. The number of alkyl halides is 1. The smallest absolute Gasteiger partial charge is 0.176 e. The van der Waals surface area contributed by atoms with Crippen LogP contribution in [-0.2, 0) is 14.2 Å². The highest BCUT2D eigenvalue weighted by atomic mass is 35.5. The maximum atomic E-state index is 9.25. The van der Waals surface area contributed by atoms with Crippen LogP contribution in [-0.4, -0.2) is 42.9 Å². The Morgan fingerprint density at radius 1 is 1.75 bits per heavy atom. The van der Waals surface area contributed by atoms with E-state index in [4.69, 9.17) is 25.8 Å². The van der Waals surface area contributed by atoms with Crippen LogP contribution in [0.25, 0.3) is 0 Å². The molecule has 0 radical (unpaired) electrons. The highest BCUT2D eigenvalue weighted by Gasteiger charge is 2.47. The Morgan fingerprint density at radius 3 is 2.83 bits per heavy atom. The number of aliphatic hydroxyl groups excluding tert-OH is 1. The summed E-state index contributed by atoms with van der Waals surface area (Å²) >= 11 is 5.96. The fourth-order valence-electron chi connectivity index (χ4n) is 1.02. The van der Waals surface area contributed by atoms with Crippen LogP contribution in [0.2, 0.25) is 0 Å². The van der Waals surface area contributed by atoms with Crippen molar-refractivity contribution in [2.75, 3.05) is 20.5 Å². The van der Waals surface area contributed by atoms with Gasteiger partial charge in [0.2, 0.25) is 0 Å². The summed E-state index contributed by atoms with van der Waals surface area (Å²) in [7, 11) is 1.53. The van der Waals surface area contributed by atoms with Gasteiger partial charge in [-0.1, -0.05) is 0 Å². The van der Waals surface area contributed by atoms with E-state index in [1.165, 1.54) is 7.11 Å². The molecule has 1 fully saturated rings. The maximum Gasteiger partial charge on any atom is 0.176 e. The van der Waals surface area contributed by atoms with Crippen molar-refractivity contribution in [2.24, 2.45) is 0 Å². The van der Waals surface area contributed by atoms with Crippen LogP contribution in [0.5, 0.6) is 0 Å². The van der Waals surface area contributed by atoms with Crippen LogP contribution in [0.4, 0.5) is 0 Å². The Morgan fingerprint density at radius 2 is 2.42 bits per heavy atom. The molecule has 72 valence electrons. The van der Waals surface area contributed by atoms with Gasteiger partial charge in [-0.15, -0.1) is 11.6 Å². The third kappa shape index (κ3) is 1.89. The minimum absolute atomic E-state index is 0.156. The summed E-state index contributed by atoms with van der Waals surface area (Å²) in [5.74, 6) is 0. The van der Waals surface area contributed by atoms with Crippen LogP contribution >= 0.6 is 11.6 Å². The predicted molar refractivity (Wildman–Crippen MR) is 43.0 cm³/mol. The summed E-state index contributed by atoms with van der Waals surface area (Å²) in [5, 5.41) is 9.25. The van der Waals surface area contributed by atoms with Crippen LogP contribution < -0.4 is 0 Å². The van der Waals surface area contributed by atoms with Crippen LogP contribution in [0, 0.1) is 0 Å². The molecule has 0 spiro atoms. The summed E-state index contributed by atoms with van der Waals surface area (Å²) < 4.78 is 14.8. The second-order valence-corrected chi connectivity index (χ2v) is 3.71. The quantitative estimate of drug-likeness (QED) is 0.522. The second kappa shape index (κ2) is 3.89. The van der Waals surface area contributed by atoms with Gasteiger partial charge in [0.1, 0.15) is 17.8 Å². The molecule has 12 heavy (non-hydrogen) atoms. The lowest BCUT2D eigenvalue weighted by Crippen LogP contribution is -2.40. The molecule has 0 aromatic heterocycles. The lowest BCUT2D eigenvalue weighted by Gasteiger charge is -2.24. The topological polar surface area (TPSA) is 47.9 Å². The van der Waals surface area contributed by atoms with Crippen molar-refractivity contribution in [3.8, 4) is 0 Å². The van der Waals surface area contributed by atoms with E-state index in [0.29, 0.717) is 6.61 Å². The summed E-state index contributed by atoms with van der Waals surface area (Å²) in [6.45, 7) is 2.13. The molecule has 1 aliphatic rings. The molecule has 3 atom stereocenters. The summed E-state index contributed by atoms with van der Waals surface area (Å²) in [6, 6.07) is 0. The van der Waals surface area contributed by atoms with Gasteiger partial charge in [-0.25, -0.2) is 0 Å².